The Bertz CT molecular complexity index is 1130. The van der Waals surface area contributed by atoms with Gasteiger partial charge in [-0.1, -0.05) is 0 Å². The van der Waals surface area contributed by atoms with E-state index < -0.39 is 86.1 Å². The van der Waals surface area contributed by atoms with E-state index in [2.05, 4.69) is 0 Å². The van der Waals surface area contributed by atoms with Gasteiger partial charge in [-0.05, 0) is 0 Å². The summed E-state index contributed by atoms with van der Waals surface area (Å²) in [6.07, 6.45) is 0.193. The fraction of sp³-hybridized carbons (Fsp3) is 0. The number of hydrogen-bond donors (Lipinski definition) is 1. The fourth-order valence-corrected chi connectivity index (χ4v) is 2.66. The topological polar surface area (TPSA) is 32.9 Å². The lowest BCUT2D eigenvalue weighted by molar-refractivity contribution is 0.112. The Balaban J connectivity index is 2.51. The van der Waals surface area contributed by atoms with Crippen LogP contribution < -0.4 is 0 Å². The maximum atomic E-state index is 14.2. The van der Waals surface area contributed by atoms with Crippen LogP contribution in [0.4, 0.5) is 43.9 Å². The van der Waals surface area contributed by atoms with Gasteiger partial charge in [-0.25, -0.2) is 43.9 Å². The molecule has 1 aromatic heterocycles. The zero-order valence-electron chi connectivity index (χ0n) is 13.3. The van der Waals surface area contributed by atoms with Gasteiger partial charge in [0.2, 0.25) is 11.6 Å². The number of aldehydes is 1. The highest BCUT2D eigenvalue weighted by atomic mass is 19.2. The van der Waals surface area contributed by atoms with Crippen molar-refractivity contribution in [1.82, 2.24) is 4.98 Å². The van der Waals surface area contributed by atoms with E-state index in [1.807, 2.05) is 4.98 Å². The van der Waals surface area contributed by atoms with Crippen molar-refractivity contribution in [2.45, 2.75) is 0 Å². The fourth-order valence-electron chi connectivity index (χ4n) is 2.66. The first-order valence-electron chi connectivity index (χ1n) is 7.24. The third-order valence-corrected chi connectivity index (χ3v) is 3.97. The molecule has 0 fully saturated rings. The molecule has 0 amide bonds. The Morgan fingerprint density at radius 3 is 1.24 bits per heavy atom. The van der Waals surface area contributed by atoms with Gasteiger partial charge in [0.05, 0.1) is 16.8 Å². The quantitative estimate of drug-likeness (QED) is 0.253. The highest BCUT2D eigenvalue weighted by molar-refractivity contribution is 5.95. The molecule has 0 saturated carbocycles. The van der Waals surface area contributed by atoms with Gasteiger partial charge in [-0.2, -0.15) is 0 Å². The molecule has 29 heavy (non-hydrogen) atoms. The molecule has 0 spiro atoms. The third kappa shape index (κ3) is 2.77. The lowest BCUT2D eigenvalue weighted by Gasteiger charge is -2.12. The molecule has 2 nitrogen and oxygen atoms in total. The minimum atomic E-state index is -2.57. The van der Waals surface area contributed by atoms with E-state index in [-0.39, 0.29) is 6.29 Å². The van der Waals surface area contributed by atoms with Gasteiger partial charge >= 0.3 is 0 Å². The highest BCUT2D eigenvalue weighted by Crippen LogP contribution is 2.42. The van der Waals surface area contributed by atoms with Gasteiger partial charge in [0.25, 0.3) is 0 Å². The van der Waals surface area contributed by atoms with Crippen LogP contribution in [0.3, 0.4) is 0 Å². The van der Waals surface area contributed by atoms with Crippen LogP contribution in [0.25, 0.3) is 22.3 Å². The van der Waals surface area contributed by atoms with Crippen molar-refractivity contribution in [3.8, 4) is 22.3 Å². The predicted molar refractivity (Wildman–Crippen MR) is 76.6 cm³/mol. The van der Waals surface area contributed by atoms with Gasteiger partial charge in [0.1, 0.15) is 0 Å². The number of aromatic amines is 1. The number of halogens is 10. The predicted octanol–water partition coefficient (Wildman–Crippen LogP) is 5.55. The Kier molecular flexibility index (Phi) is 4.89. The molecule has 0 aliphatic carbocycles. The van der Waals surface area contributed by atoms with E-state index in [0.29, 0.717) is 6.20 Å². The summed E-state index contributed by atoms with van der Waals surface area (Å²) in [5, 5.41) is 0. The first-order chi connectivity index (χ1) is 13.5. The molecule has 0 bridgehead atoms. The number of H-pyrrole nitrogens is 1. The smallest absolute Gasteiger partial charge is 0.200 e. The van der Waals surface area contributed by atoms with Crippen molar-refractivity contribution < 1.29 is 48.7 Å². The van der Waals surface area contributed by atoms with Crippen LogP contribution in [0.1, 0.15) is 10.5 Å². The number of rotatable bonds is 3. The summed E-state index contributed by atoms with van der Waals surface area (Å²) in [6, 6.07) is 0. The van der Waals surface area contributed by atoms with E-state index in [1.54, 1.807) is 0 Å². The SMILES string of the molecule is O=Cc1[nH]cc(-c2c(F)c(F)c(F)c(F)c2F)c1-c1c(F)c(F)c(F)c(F)c1F. The summed E-state index contributed by atoms with van der Waals surface area (Å²) >= 11 is 0. The van der Waals surface area contributed by atoms with E-state index in [1.165, 1.54) is 0 Å². The molecule has 152 valence electrons. The van der Waals surface area contributed by atoms with Crippen molar-refractivity contribution in [2.75, 3.05) is 0 Å². The summed E-state index contributed by atoms with van der Waals surface area (Å²) in [6.45, 7) is 0. The second-order valence-corrected chi connectivity index (χ2v) is 5.50. The summed E-state index contributed by atoms with van der Waals surface area (Å²) in [7, 11) is 0. The van der Waals surface area contributed by atoms with Gasteiger partial charge in [-0.3, -0.25) is 4.79 Å². The minimum Gasteiger partial charge on any atom is -0.358 e. The molecular weight excluding hydrogens is 424 g/mol. The Morgan fingerprint density at radius 2 is 0.862 bits per heavy atom. The van der Waals surface area contributed by atoms with E-state index in [9.17, 15) is 48.7 Å². The molecular formula is C17H3F10NO. The zero-order chi connectivity index (χ0) is 21.8. The lowest BCUT2D eigenvalue weighted by Crippen LogP contribution is -2.07. The molecule has 1 N–H and O–H groups in total. The van der Waals surface area contributed by atoms with Crippen LogP contribution in [0.15, 0.2) is 6.20 Å². The van der Waals surface area contributed by atoms with Crippen LogP contribution >= 0.6 is 0 Å². The second-order valence-electron chi connectivity index (χ2n) is 5.50. The molecule has 0 radical (unpaired) electrons. The summed E-state index contributed by atoms with van der Waals surface area (Å²) in [5.74, 6) is -24.8. The standard InChI is InChI=1S/C17H3F10NO/c18-8-6(9(19)13(23)16(26)12(8)22)3-1-28-4(2-29)5(3)7-10(20)14(24)17(27)15(25)11(7)21/h1-2,28H. The molecule has 0 aliphatic heterocycles. The van der Waals surface area contributed by atoms with Gasteiger partial charge < -0.3 is 4.98 Å². The first kappa shape index (κ1) is 20.4. The Morgan fingerprint density at radius 1 is 0.517 bits per heavy atom. The molecule has 2 aromatic carbocycles. The highest BCUT2D eigenvalue weighted by Gasteiger charge is 2.34. The second kappa shape index (κ2) is 6.94. The van der Waals surface area contributed by atoms with E-state index in [4.69, 9.17) is 0 Å². The van der Waals surface area contributed by atoms with E-state index in [0.717, 1.165) is 0 Å². The molecule has 12 heteroatoms. The summed E-state index contributed by atoms with van der Waals surface area (Å²) < 4.78 is 137. The monoisotopic (exact) mass is 427 g/mol. The molecule has 0 unspecified atom stereocenters. The third-order valence-electron chi connectivity index (χ3n) is 3.97. The molecule has 0 aliphatic rings. The molecule has 3 rings (SSSR count). The lowest BCUT2D eigenvalue weighted by atomic mass is 9.94. The van der Waals surface area contributed by atoms with Gasteiger partial charge in [0, 0.05) is 17.3 Å². The largest absolute Gasteiger partial charge is 0.358 e. The van der Waals surface area contributed by atoms with E-state index >= 15 is 0 Å². The Hall–Kier alpha value is -3.31. The average molecular weight is 427 g/mol. The number of carbonyl (C=O) groups excluding carboxylic acids is 1. The Labute approximate surface area is 153 Å². The van der Waals surface area contributed by atoms with Crippen LogP contribution in [-0.4, -0.2) is 11.3 Å². The number of benzene rings is 2. The van der Waals surface area contributed by atoms with Crippen molar-refractivity contribution in [3.05, 3.63) is 70.1 Å². The van der Waals surface area contributed by atoms with Crippen molar-refractivity contribution in [1.29, 1.82) is 0 Å². The van der Waals surface area contributed by atoms with Crippen LogP contribution in [0.5, 0.6) is 0 Å². The molecule has 1 heterocycles. The summed E-state index contributed by atoms with van der Waals surface area (Å²) in [4.78, 5) is 13.1. The maximum absolute atomic E-state index is 14.2. The van der Waals surface area contributed by atoms with Crippen LogP contribution in [0.2, 0.25) is 0 Å². The molecule has 0 atom stereocenters. The first-order valence-corrected chi connectivity index (χ1v) is 7.24. The summed E-state index contributed by atoms with van der Waals surface area (Å²) in [5.41, 5.74) is -7.00. The zero-order valence-corrected chi connectivity index (χ0v) is 13.3. The number of hydrogen-bond acceptors (Lipinski definition) is 1. The van der Waals surface area contributed by atoms with Crippen molar-refractivity contribution in [2.24, 2.45) is 0 Å². The molecule has 3 aromatic rings. The number of carbonyl (C=O) groups is 1. The maximum Gasteiger partial charge on any atom is 0.200 e. The number of nitrogens with one attached hydrogen (secondary N) is 1. The van der Waals surface area contributed by atoms with Crippen molar-refractivity contribution >= 4 is 6.29 Å². The van der Waals surface area contributed by atoms with Crippen LogP contribution in [0, 0.1) is 58.2 Å². The van der Waals surface area contributed by atoms with Gasteiger partial charge in [0.15, 0.2) is 52.8 Å². The van der Waals surface area contributed by atoms with Gasteiger partial charge in [-0.15, -0.1) is 0 Å². The molecule has 0 saturated heterocycles. The normalized spacial score (nSPS) is 11.2. The van der Waals surface area contributed by atoms with Crippen LogP contribution in [-0.2, 0) is 0 Å². The minimum absolute atomic E-state index is 0.219. The van der Waals surface area contributed by atoms with Crippen molar-refractivity contribution in [3.63, 3.8) is 0 Å². The number of aromatic nitrogens is 1. The average Bonchev–Trinajstić information content (AvgIpc) is 3.11.